The van der Waals surface area contributed by atoms with Crippen molar-refractivity contribution in [2.24, 2.45) is 0 Å². The van der Waals surface area contributed by atoms with Crippen LogP contribution in [0.1, 0.15) is 23.8 Å². The normalized spacial score (nSPS) is 11.7. The molecule has 0 fully saturated rings. The van der Waals surface area contributed by atoms with E-state index < -0.39 is 0 Å². The molecule has 1 aromatic carbocycles. The first-order chi connectivity index (χ1) is 7.24. The molecule has 2 rings (SSSR count). The second-order valence-corrected chi connectivity index (χ2v) is 3.86. The fourth-order valence-electron chi connectivity index (χ4n) is 1.92. The summed E-state index contributed by atoms with van der Waals surface area (Å²) in [5.41, 5.74) is 3.56. The Balaban J connectivity index is 2.63. The van der Waals surface area contributed by atoms with Crippen LogP contribution >= 0.6 is 0 Å². The van der Waals surface area contributed by atoms with Crippen LogP contribution in [-0.4, -0.2) is 0 Å². The monoisotopic (exact) mass is 200 g/mol. The molecule has 0 atom stereocenters. The maximum Gasteiger partial charge on any atom is 0.137 e. The summed E-state index contributed by atoms with van der Waals surface area (Å²) in [6.45, 7) is 6.17. The number of rotatable bonds is 2. The number of allylic oxidation sites excluding steroid dienone is 2. The van der Waals surface area contributed by atoms with Crippen LogP contribution in [0.15, 0.2) is 34.8 Å². The van der Waals surface area contributed by atoms with Crippen molar-refractivity contribution in [3.8, 4) is 0 Å². The van der Waals surface area contributed by atoms with Crippen molar-refractivity contribution in [2.75, 3.05) is 0 Å². The summed E-state index contributed by atoms with van der Waals surface area (Å²) in [7, 11) is 0. The van der Waals surface area contributed by atoms with Gasteiger partial charge in [-0.25, -0.2) is 0 Å². The van der Waals surface area contributed by atoms with E-state index in [2.05, 4.69) is 37.3 Å². The minimum absolute atomic E-state index is 0.957. The summed E-state index contributed by atoms with van der Waals surface area (Å²) in [5.74, 6) is 1.04. The Morgan fingerprint density at radius 1 is 1.27 bits per heavy atom. The van der Waals surface area contributed by atoms with E-state index in [-0.39, 0.29) is 0 Å². The lowest BCUT2D eigenvalue weighted by Gasteiger charge is -1.95. The van der Waals surface area contributed by atoms with Crippen LogP contribution < -0.4 is 0 Å². The summed E-state index contributed by atoms with van der Waals surface area (Å²) in [4.78, 5) is 0. The molecule has 1 heterocycles. The molecular weight excluding hydrogens is 184 g/mol. The van der Waals surface area contributed by atoms with E-state index in [1.807, 2.05) is 13.8 Å². The molecule has 78 valence electrons. The minimum Gasteiger partial charge on any atom is -0.461 e. The van der Waals surface area contributed by atoms with Crippen molar-refractivity contribution in [2.45, 2.75) is 27.2 Å². The zero-order chi connectivity index (χ0) is 10.8. The lowest BCUT2D eigenvalue weighted by atomic mass is 10.1. The third-order valence-corrected chi connectivity index (χ3v) is 2.77. The number of benzene rings is 1. The molecule has 0 aliphatic rings. The van der Waals surface area contributed by atoms with Crippen molar-refractivity contribution in [1.29, 1.82) is 0 Å². The SMILES string of the molecule is C/C=C\Cc1c(C)oc2c(C)cccc12. The fraction of sp³-hybridized carbons (Fsp3) is 0.286. The number of hydrogen-bond donors (Lipinski definition) is 0. The van der Waals surface area contributed by atoms with Crippen LogP contribution in [-0.2, 0) is 6.42 Å². The van der Waals surface area contributed by atoms with Gasteiger partial charge in [-0.1, -0.05) is 30.4 Å². The van der Waals surface area contributed by atoms with E-state index in [4.69, 9.17) is 4.42 Å². The van der Waals surface area contributed by atoms with Gasteiger partial charge in [-0.3, -0.25) is 0 Å². The number of furan rings is 1. The Hall–Kier alpha value is -1.50. The lowest BCUT2D eigenvalue weighted by molar-refractivity contribution is 0.571. The van der Waals surface area contributed by atoms with Gasteiger partial charge in [0.15, 0.2) is 0 Å². The molecule has 0 amide bonds. The Labute approximate surface area is 90.4 Å². The van der Waals surface area contributed by atoms with Gasteiger partial charge in [0.1, 0.15) is 11.3 Å². The molecular formula is C14H16O. The molecule has 0 unspecified atom stereocenters. The maximum absolute atomic E-state index is 5.79. The summed E-state index contributed by atoms with van der Waals surface area (Å²) in [5, 5.41) is 1.26. The predicted octanol–water partition coefficient (Wildman–Crippen LogP) is 4.17. The molecule has 0 saturated heterocycles. The first kappa shape index (κ1) is 10.0. The van der Waals surface area contributed by atoms with Gasteiger partial charge in [0, 0.05) is 10.9 Å². The molecule has 0 aliphatic heterocycles. The third-order valence-electron chi connectivity index (χ3n) is 2.77. The first-order valence-electron chi connectivity index (χ1n) is 5.32. The third kappa shape index (κ3) is 1.70. The first-order valence-corrected chi connectivity index (χ1v) is 5.32. The predicted molar refractivity (Wildman–Crippen MR) is 64.2 cm³/mol. The fourth-order valence-corrected chi connectivity index (χ4v) is 1.92. The topological polar surface area (TPSA) is 13.1 Å². The van der Waals surface area contributed by atoms with Gasteiger partial charge in [0.2, 0.25) is 0 Å². The highest BCUT2D eigenvalue weighted by Crippen LogP contribution is 2.28. The molecule has 0 radical (unpaired) electrons. The standard InChI is InChI=1S/C14H16O/c1-4-5-8-12-11(3)15-14-10(2)7-6-9-13(12)14/h4-7,9H,8H2,1-3H3/b5-4-. The molecule has 0 saturated carbocycles. The molecule has 0 aliphatic carbocycles. The Kier molecular flexibility index (Phi) is 2.63. The zero-order valence-electron chi connectivity index (χ0n) is 9.50. The van der Waals surface area contributed by atoms with Gasteiger partial charge >= 0.3 is 0 Å². The van der Waals surface area contributed by atoms with E-state index in [0.29, 0.717) is 0 Å². The second kappa shape index (κ2) is 3.93. The number of para-hydroxylation sites is 1. The Bertz CT molecular complexity index is 503. The smallest absolute Gasteiger partial charge is 0.137 e. The quantitative estimate of drug-likeness (QED) is 0.663. The van der Waals surface area contributed by atoms with Crippen molar-refractivity contribution in [3.05, 3.63) is 47.2 Å². The van der Waals surface area contributed by atoms with Crippen LogP contribution in [0.4, 0.5) is 0 Å². The van der Waals surface area contributed by atoms with Crippen LogP contribution in [0.5, 0.6) is 0 Å². The zero-order valence-corrected chi connectivity index (χ0v) is 9.50. The summed E-state index contributed by atoms with van der Waals surface area (Å²) < 4.78 is 5.79. The largest absolute Gasteiger partial charge is 0.461 e. The van der Waals surface area contributed by atoms with Crippen LogP contribution in [0, 0.1) is 13.8 Å². The van der Waals surface area contributed by atoms with Gasteiger partial charge in [0.25, 0.3) is 0 Å². The molecule has 0 bridgehead atoms. The van der Waals surface area contributed by atoms with Crippen molar-refractivity contribution < 1.29 is 4.42 Å². The highest BCUT2D eigenvalue weighted by molar-refractivity contribution is 5.85. The van der Waals surface area contributed by atoms with Crippen molar-refractivity contribution >= 4 is 11.0 Å². The average Bonchev–Trinajstić information content (AvgIpc) is 2.54. The van der Waals surface area contributed by atoms with E-state index >= 15 is 0 Å². The molecule has 1 aromatic heterocycles. The van der Waals surface area contributed by atoms with Crippen LogP contribution in [0.25, 0.3) is 11.0 Å². The van der Waals surface area contributed by atoms with E-state index in [9.17, 15) is 0 Å². The lowest BCUT2D eigenvalue weighted by Crippen LogP contribution is -1.81. The Morgan fingerprint density at radius 2 is 2.07 bits per heavy atom. The van der Waals surface area contributed by atoms with Gasteiger partial charge in [-0.15, -0.1) is 0 Å². The molecule has 0 N–H and O–H groups in total. The molecule has 15 heavy (non-hydrogen) atoms. The summed E-state index contributed by atoms with van der Waals surface area (Å²) >= 11 is 0. The number of fused-ring (bicyclic) bond motifs is 1. The van der Waals surface area contributed by atoms with Crippen LogP contribution in [0.3, 0.4) is 0 Å². The van der Waals surface area contributed by atoms with Gasteiger partial charge in [-0.2, -0.15) is 0 Å². The molecule has 2 aromatic rings. The van der Waals surface area contributed by atoms with E-state index in [1.165, 1.54) is 16.5 Å². The van der Waals surface area contributed by atoms with Crippen LogP contribution in [0.2, 0.25) is 0 Å². The van der Waals surface area contributed by atoms with Gasteiger partial charge < -0.3 is 4.42 Å². The summed E-state index contributed by atoms with van der Waals surface area (Å²) in [6, 6.07) is 6.31. The molecule has 1 heteroatoms. The van der Waals surface area contributed by atoms with Gasteiger partial charge in [-0.05, 0) is 32.8 Å². The molecule has 1 nitrogen and oxygen atoms in total. The van der Waals surface area contributed by atoms with Crippen molar-refractivity contribution in [3.63, 3.8) is 0 Å². The molecule has 0 spiro atoms. The van der Waals surface area contributed by atoms with Crippen molar-refractivity contribution in [1.82, 2.24) is 0 Å². The second-order valence-electron chi connectivity index (χ2n) is 3.86. The maximum atomic E-state index is 5.79. The summed E-state index contributed by atoms with van der Waals surface area (Å²) in [6.07, 6.45) is 5.20. The van der Waals surface area contributed by atoms with E-state index in [1.54, 1.807) is 0 Å². The average molecular weight is 200 g/mol. The highest BCUT2D eigenvalue weighted by atomic mass is 16.3. The Morgan fingerprint density at radius 3 is 2.80 bits per heavy atom. The highest BCUT2D eigenvalue weighted by Gasteiger charge is 2.10. The number of hydrogen-bond acceptors (Lipinski definition) is 1. The minimum atomic E-state index is 0.957. The van der Waals surface area contributed by atoms with Gasteiger partial charge in [0.05, 0.1) is 0 Å². The van der Waals surface area contributed by atoms with E-state index in [0.717, 1.165) is 17.8 Å². The number of aryl methyl sites for hydroxylation is 2.